The van der Waals surface area contributed by atoms with Crippen LogP contribution in [0, 0.1) is 46.3 Å². The number of hydrogen-bond donors (Lipinski definition) is 0. The summed E-state index contributed by atoms with van der Waals surface area (Å²) in [7, 11) is 2.56. The molecule has 0 N–H and O–H groups in total. The summed E-state index contributed by atoms with van der Waals surface area (Å²) in [6, 6.07) is 0. The average molecular weight is 598 g/mol. The van der Waals surface area contributed by atoms with Gasteiger partial charge in [0.25, 0.3) is 0 Å². The van der Waals surface area contributed by atoms with Crippen LogP contribution >= 0.6 is 0 Å². The second kappa shape index (κ2) is 13.4. The van der Waals surface area contributed by atoms with Crippen LogP contribution in [0.15, 0.2) is 11.6 Å². The molecule has 0 amide bonds. The molecule has 4 rings (SSSR count). The molecule has 0 radical (unpaired) electrons. The summed E-state index contributed by atoms with van der Waals surface area (Å²) in [5.74, 6) is 5.22. The second-order valence-electron chi connectivity index (χ2n) is 15.7. The molecule has 7 nitrogen and oxygen atoms in total. The summed E-state index contributed by atoms with van der Waals surface area (Å²) < 4.78 is 37.6. The molecule has 4 unspecified atom stereocenters. The Morgan fingerprint density at radius 2 is 1.71 bits per heavy atom. The van der Waals surface area contributed by atoms with Crippen LogP contribution < -0.4 is 0 Å². The Hall–Kier alpha value is -0.960. The van der Waals surface area contributed by atoms with Gasteiger partial charge in [-0.05, 0) is 91.3 Å². The molecule has 238 valence electrons. The summed E-state index contributed by atoms with van der Waals surface area (Å²) in [5.41, 5.74) is 2.50. The zero-order valence-electron chi connectivity index (χ0n) is 27.4. The Morgan fingerprint density at radius 3 is 2.29 bits per heavy atom. The van der Waals surface area contributed by atoms with Crippen molar-refractivity contribution in [2.75, 3.05) is 34.8 Å². The highest BCUT2D eigenvalue weighted by atomic mass is 32.3. The number of esters is 1. The summed E-state index contributed by atoms with van der Waals surface area (Å²) >= 11 is 0. The Morgan fingerprint density at radius 1 is 1.05 bits per heavy atom. The van der Waals surface area contributed by atoms with Gasteiger partial charge in [0.2, 0.25) is 10.4 Å². The van der Waals surface area contributed by atoms with Crippen LogP contribution in [0.4, 0.5) is 0 Å². The first-order valence-electron chi connectivity index (χ1n) is 16.1. The van der Waals surface area contributed by atoms with E-state index in [0.29, 0.717) is 21.9 Å². The van der Waals surface area contributed by atoms with Gasteiger partial charge in [-0.25, -0.2) is 13.2 Å². The molecule has 3 fully saturated rings. The summed E-state index contributed by atoms with van der Waals surface area (Å²) in [6.07, 6.45) is 17.2. The van der Waals surface area contributed by atoms with E-state index in [1.807, 2.05) is 0 Å². The predicted octanol–water partition coefficient (Wildman–Crippen LogP) is 6.74. The van der Waals surface area contributed by atoms with Gasteiger partial charge in [-0.2, -0.15) is 0 Å². The van der Waals surface area contributed by atoms with E-state index >= 15 is 0 Å². The lowest BCUT2D eigenvalue weighted by Gasteiger charge is -2.58. The minimum Gasteiger partial charge on any atom is -0.726 e. The Balaban J connectivity index is 0.000000696. The first kappa shape index (κ1) is 34.5. The van der Waals surface area contributed by atoms with E-state index in [-0.39, 0.29) is 12.1 Å². The summed E-state index contributed by atoms with van der Waals surface area (Å²) in [6.45, 7) is 13.0. The Labute approximate surface area is 251 Å². The molecule has 0 spiro atoms. The maximum atomic E-state index is 12.5. The van der Waals surface area contributed by atoms with Crippen LogP contribution in [0.1, 0.15) is 105 Å². The van der Waals surface area contributed by atoms with Crippen molar-refractivity contribution in [2.24, 2.45) is 46.3 Å². The lowest BCUT2D eigenvalue weighted by atomic mass is 9.47. The number of hydrogen-bond acceptors (Lipinski definition) is 6. The topological polar surface area (TPSA) is 92.7 Å². The third-order valence-corrected chi connectivity index (χ3v) is 11.8. The first-order chi connectivity index (χ1) is 18.9. The number of nitrogens with zero attached hydrogens (tertiary/aromatic N) is 1. The number of rotatable bonds is 9. The average Bonchev–Trinajstić information content (AvgIpc) is 3.20. The van der Waals surface area contributed by atoms with E-state index in [1.54, 1.807) is 5.57 Å². The molecule has 0 aliphatic heterocycles. The van der Waals surface area contributed by atoms with E-state index in [1.165, 1.54) is 57.8 Å². The van der Waals surface area contributed by atoms with Crippen LogP contribution in [0.5, 0.6) is 0 Å². The van der Waals surface area contributed by atoms with Crippen molar-refractivity contribution < 1.29 is 31.2 Å². The van der Waals surface area contributed by atoms with Crippen molar-refractivity contribution in [1.82, 2.24) is 0 Å². The van der Waals surface area contributed by atoms with Gasteiger partial charge in [-0.15, -0.1) is 0 Å². The van der Waals surface area contributed by atoms with Crippen LogP contribution in [0.3, 0.4) is 0 Å². The number of ether oxygens (including phenoxy) is 1. The predicted molar refractivity (Wildman–Crippen MR) is 163 cm³/mol. The fourth-order valence-corrected chi connectivity index (χ4v) is 9.36. The number of carbonyl (C=O) groups excluding carboxylic acids is 1. The van der Waals surface area contributed by atoms with Crippen molar-refractivity contribution in [3.8, 4) is 0 Å². The van der Waals surface area contributed by atoms with E-state index < -0.39 is 10.4 Å². The van der Waals surface area contributed by atoms with Gasteiger partial charge in [0.15, 0.2) is 6.54 Å². The zero-order chi connectivity index (χ0) is 30.8. The summed E-state index contributed by atoms with van der Waals surface area (Å²) in [5, 5.41) is 0. The molecule has 4 aliphatic carbocycles. The molecule has 0 aromatic rings. The van der Waals surface area contributed by atoms with Gasteiger partial charge in [-0.3, -0.25) is 4.18 Å². The molecule has 0 heterocycles. The van der Waals surface area contributed by atoms with Crippen molar-refractivity contribution in [2.45, 2.75) is 111 Å². The molecule has 3 saturated carbocycles. The summed E-state index contributed by atoms with van der Waals surface area (Å²) in [4.78, 5) is 12.5. The fourth-order valence-electron chi connectivity index (χ4n) is 9.36. The van der Waals surface area contributed by atoms with Crippen molar-refractivity contribution in [3.05, 3.63) is 11.6 Å². The van der Waals surface area contributed by atoms with Gasteiger partial charge in [-0.1, -0.05) is 65.5 Å². The smallest absolute Gasteiger partial charge is 0.362 e. The minimum absolute atomic E-state index is 0.0340. The van der Waals surface area contributed by atoms with Gasteiger partial charge in [0.1, 0.15) is 6.10 Å². The van der Waals surface area contributed by atoms with E-state index in [0.717, 1.165) is 55.5 Å². The molecule has 0 aromatic carbocycles. The van der Waals surface area contributed by atoms with Crippen molar-refractivity contribution >= 4 is 16.4 Å². The maximum Gasteiger partial charge on any atom is 0.362 e. The van der Waals surface area contributed by atoms with Gasteiger partial charge in [0, 0.05) is 6.42 Å². The normalized spacial score (nSPS) is 35.8. The molecule has 0 bridgehead atoms. The maximum absolute atomic E-state index is 12.5. The highest BCUT2D eigenvalue weighted by Gasteiger charge is 2.59. The third-order valence-electron chi connectivity index (χ3n) is 11.4. The third kappa shape index (κ3) is 8.57. The van der Waals surface area contributed by atoms with E-state index in [9.17, 15) is 17.8 Å². The Bertz CT molecular complexity index is 1030. The zero-order valence-corrected chi connectivity index (χ0v) is 28.2. The second-order valence-corrected chi connectivity index (χ2v) is 16.8. The largest absolute Gasteiger partial charge is 0.726 e. The molecule has 4 aliphatic rings. The fraction of sp³-hybridized carbons (Fsp3) is 0.909. The number of allylic oxidation sites excluding steroid dienone is 1. The van der Waals surface area contributed by atoms with Crippen LogP contribution in [0.25, 0.3) is 0 Å². The minimum atomic E-state index is -4.41. The molecule has 0 aromatic heterocycles. The lowest BCUT2D eigenvalue weighted by Crippen LogP contribution is -2.51. The number of fused-ring (bicyclic) bond motifs is 5. The highest BCUT2D eigenvalue weighted by Crippen LogP contribution is 2.67. The molecule has 41 heavy (non-hydrogen) atoms. The quantitative estimate of drug-likeness (QED) is 0.0961. The molecule has 8 atom stereocenters. The first-order valence-corrected chi connectivity index (χ1v) is 17.4. The van der Waals surface area contributed by atoms with Gasteiger partial charge in [0.05, 0.1) is 28.3 Å². The highest BCUT2D eigenvalue weighted by molar-refractivity contribution is 7.80. The number of quaternary nitrogens is 1. The van der Waals surface area contributed by atoms with Crippen LogP contribution in [-0.4, -0.2) is 64.3 Å². The monoisotopic (exact) mass is 597 g/mol. The van der Waals surface area contributed by atoms with Crippen LogP contribution in [0.2, 0.25) is 0 Å². The molecule has 0 saturated heterocycles. The lowest BCUT2D eigenvalue weighted by molar-refractivity contribution is -0.862. The van der Waals surface area contributed by atoms with E-state index in [2.05, 4.69) is 66.0 Å². The molecular formula is C33H59NO6S. The Kier molecular flexibility index (Phi) is 11.2. The van der Waals surface area contributed by atoms with Crippen molar-refractivity contribution in [3.63, 3.8) is 0 Å². The molecule has 8 heteroatoms. The van der Waals surface area contributed by atoms with E-state index in [4.69, 9.17) is 4.74 Å². The molecular weight excluding hydrogens is 538 g/mol. The standard InChI is InChI=1S/C32H56NO2.CH4O4S/c1-22(2)10-9-11-23(3)27-14-15-28-26-13-12-24-20-25(35-30(34)21-33(6,7)8)16-18-31(24,4)29(26)17-19-32(27,28)5;1-5-6(2,3)4/h12,22-23,25-29H,9-11,13-21H2,1-8H3;1H3,(H,2,3,4)/q+1;/p-1/t23-,25?,26?,27-,28?,29?,31+,32-;/m1./s1. The van der Waals surface area contributed by atoms with Crippen molar-refractivity contribution in [1.29, 1.82) is 0 Å². The van der Waals surface area contributed by atoms with Gasteiger partial charge < -0.3 is 13.8 Å². The number of likely N-dealkylation sites (N-methyl/N-ethyl adjacent to an activating group) is 1. The van der Waals surface area contributed by atoms with Crippen LogP contribution in [-0.2, 0) is 24.1 Å². The number of carbonyl (C=O) groups is 1. The van der Waals surface area contributed by atoms with Gasteiger partial charge >= 0.3 is 5.97 Å². The SMILES string of the molecule is CC(C)CCC[C@@H](C)[C@H]1CCC2C3CC=C4CC(OC(=O)C[N+](C)(C)C)CC[C@]4(C)C3CC[C@@]21C.COS(=O)(=O)[O-].